The molecule has 1 rings (SSSR count). The maximum Gasteiger partial charge on any atom is 0.0486 e. The smallest absolute Gasteiger partial charge is 0.0486 e. The van der Waals surface area contributed by atoms with Gasteiger partial charge in [0.2, 0.25) is 0 Å². The molecule has 14 heavy (non-hydrogen) atoms. The van der Waals surface area contributed by atoms with E-state index in [-0.39, 0.29) is 0 Å². The molecule has 0 aromatic rings. The number of hydrogen-bond donors (Lipinski definition) is 2. The number of aliphatic hydroxyl groups is 1. The molecule has 1 aliphatic heterocycles. The van der Waals surface area contributed by atoms with Crippen molar-refractivity contribution in [3.8, 4) is 0 Å². The van der Waals surface area contributed by atoms with Crippen LogP contribution >= 0.6 is 0 Å². The molecule has 0 radical (unpaired) electrons. The molecular weight excluding hydrogens is 176 g/mol. The van der Waals surface area contributed by atoms with Gasteiger partial charge in [-0.15, -0.1) is 0 Å². The molecule has 0 bridgehead atoms. The molecule has 2 N–H and O–H groups in total. The van der Waals surface area contributed by atoms with Gasteiger partial charge < -0.3 is 10.4 Å². The van der Waals surface area contributed by atoms with Crippen LogP contribution in [0.2, 0.25) is 0 Å². The SMILES string of the molecule is CC(C)N[C@@H]1CN(C(C)C)C[C@@H]1CO. The third-order valence-corrected chi connectivity index (χ3v) is 2.98. The second kappa shape index (κ2) is 5.10. The Morgan fingerprint density at radius 3 is 2.36 bits per heavy atom. The molecule has 1 aliphatic rings. The van der Waals surface area contributed by atoms with Crippen LogP contribution in [0.5, 0.6) is 0 Å². The van der Waals surface area contributed by atoms with Crippen LogP contribution in [-0.2, 0) is 0 Å². The highest BCUT2D eigenvalue weighted by atomic mass is 16.3. The molecular formula is C11H24N2O. The lowest BCUT2D eigenvalue weighted by Gasteiger charge is -2.21. The van der Waals surface area contributed by atoms with Crippen LogP contribution in [0.4, 0.5) is 0 Å². The quantitative estimate of drug-likeness (QED) is 0.701. The monoisotopic (exact) mass is 200 g/mol. The molecule has 1 saturated heterocycles. The highest BCUT2D eigenvalue weighted by Gasteiger charge is 2.33. The molecule has 84 valence electrons. The molecule has 0 saturated carbocycles. The van der Waals surface area contributed by atoms with Crippen LogP contribution in [-0.4, -0.2) is 47.8 Å². The summed E-state index contributed by atoms with van der Waals surface area (Å²) in [6, 6.07) is 1.55. The van der Waals surface area contributed by atoms with Gasteiger partial charge in [0.25, 0.3) is 0 Å². The van der Waals surface area contributed by atoms with Gasteiger partial charge in [-0.25, -0.2) is 0 Å². The van der Waals surface area contributed by atoms with E-state index in [2.05, 4.69) is 37.9 Å². The third kappa shape index (κ3) is 2.94. The fourth-order valence-corrected chi connectivity index (χ4v) is 2.13. The molecule has 0 aromatic heterocycles. The van der Waals surface area contributed by atoms with Crippen molar-refractivity contribution in [1.82, 2.24) is 10.2 Å². The minimum Gasteiger partial charge on any atom is -0.396 e. The summed E-state index contributed by atoms with van der Waals surface area (Å²) in [4.78, 5) is 2.43. The normalized spacial score (nSPS) is 29.4. The van der Waals surface area contributed by atoms with Crippen LogP contribution in [0.15, 0.2) is 0 Å². The van der Waals surface area contributed by atoms with E-state index in [4.69, 9.17) is 0 Å². The second-order valence-electron chi connectivity index (χ2n) is 4.92. The van der Waals surface area contributed by atoms with Crippen LogP contribution in [0.1, 0.15) is 27.7 Å². The predicted molar refractivity (Wildman–Crippen MR) is 59.3 cm³/mol. The lowest BCUT2D eigenvalue weighted by atomic mass is 10.0. The Labute approximate surface area is 87.5 Å². The number of nitrogens with one attached hydrogen (secondary N) is 1. The van der Waals surface area contributed by atoms with Crippen molar-refractivity contribution < 1.29 is 5.11 Å². The highest BCUT2D eigenvalue weighted by molar-refractivity contribution is 4.90. The Hall–Kier alpha value is -0.120. The highest BCUT2D eigenvalue weighted by Crippen LogP contribution is 2.19. The van der Waals surface area contributed by atoms with Crippen molar-refractivity contribution in [3.05, 3.63) is 0 Å². The van der Waals surface area contributed by atoms with Crippen molar-refractivity contribution >= 4 is 0 Å². The molecule has 0 spiro atoms. The van der Waals surface area contributed by atoms with Crippen LogP contribution in [0.25, 0.3) is 0 Å². The Morgan fingerprint density at radius 1 is 1.29 bits per heavy atom. The zero-order chi connectivity index (χ0) is 10.7. The zero-order valence-electron chi connectivity index (χ0n) is 9.83. The van der Waals surface area contributed by atoms with Gasteiger partial charge in [0.15, 0.2) is 0 Å². The molecule has 0 unspecified atom stereocenters. The van der Waals surface area contributed by atoms with Gasteiger partial charge in [0, 0.05) is 43.7 Å². The van der Waals surface area contributed by atoms with Crippen molar-refractivity contribution in [2.75, 3.05) is 19.7 Å². The fraction of sp³-hybridized carbons (Fsp3) is 1.00. The van der Waals surface area contributed by atoms with Gasteiger partial charge in [-0.1, -0.05) is 13.8 Å². The van der Waals surface area contributed by atoms with E-state index in [1.54, 1.807) is 0 Å². The van der Waals surface area contributed by atoms with Crippen LogP contribution < -0.4 is 5.32 Å². The van der Waals surface area contributed by atoms with Crippen LogP contribution in [0, 0.1) is 5.92 Å². The summed E-state index contributed by atoms with van der Waals surface area (Å²) in [5.41, 5.74) is 0. The molecule has 2 atom stereocenters. The zero-order valence-corrected chi connectivity index (χ0v) is 9.83. The average Bonchev–Trinajstić information content (AvgIpc) is 2.46. The number of hydrogen-bond acceptors (Lipinski definition) is 3. The molecule has 3 heteroatoms. The van der Waals surface area contributed by atoms with Crippen LogP contribution in [0.3, 0.4) is 0 Å². The lowest BCUT2D eigenvalue weighted by Crippen LogP contribution is -2.41. The Balaban J connectivity index is 2.49. The Morgan fingerprint density at radius 2 is 1.93 bits per heavy atom. The first-order valence-electron chi connectivity index (χ1n) is 5.65. The number of aliphatic hydroxyl groups excluding tert-OH is 1. The van der Waals surface area contributed by atoms with Gasteiger partial charge >= 0.3 is 0 Å². The first-order valence-corrected chi connectivity index (χ1v) is 5.65. The standard InChI is InChI=1S/C11H24N2O/c1-8(2)12-11-6-13(9(3)4)5-10(11)7-14/h8-12,14H,5-7H2,1-4H3/t10-,11-/m1/s1. The van der Waals surface area contributed by atoms with Gasteiger partial charge in [0.05, 0.1) is 0 Å². The van der Waals surface area contributed by atoms with E-state index in [0.717, 1.165) is 13.1 Å². The van der Waals surface area contributed by atoms with Crippen molar-refractivity contribution in [1.29, 1.82) is 0 Å². The van der Waals surface area contributed by atoms with E-state index >= 15 is 0 Å². The topological polar surface area (TPSA) is 35.5 Å². The first-order chi connectivity index (χ1) is 6.54. The third-order valence-electron chi connectivity index (χ3n) is 2.98. The maximum absolute atomic E-state index is 9.28. The Kier molecular flexibility index (Phi) is 4.35. The summed E-state index contributed by atoms with van der Waals surface area (Å²) in [6.45, 7) is 11.1. The molecule has 0 aliphatic carbocycles. The summed E-state index contributed by atoms with van der Waals surface area (Å²) in [6.07, 6.45) is 0. The van der Waals surface area contributed by atoms with E-state index in [9.17, 15) is 5.11 Å². The molecule has 1 fully saturated rings. The minimum atomic E-state index is 0.299. The predicted octanol–water partition coefficient (Wildman–Crippen LogP) is 0.685. The van der Waals surface area contributed by atoms with Crippen molar-refractivity contribution in [2.45, 2.75) is 45.8 Å². The van der Waals surface area contributed by atoms with E-state index < -0.39 is 0 Å². The maximum atomic E-state index is 9.28. The number of likely N-dealkylation sites (tertiary alicyclic amines) is 1. The largest absolute Gasteiger partial charge is 0.396 e. The van der Waals surface area contributed by atoms with E-state index in [0.29, 0.717) is 30.7 Å². The van der Waals surface area contributed by atoms with Gasteiger partial charge in [-0.2, -0.15) is 0 Å². The average molecular weight is 200 g/mol. The summed E-state index contributed by atoms with van der Waals surface area (Å²) < 4.78 is 0. The van der Waals surface area contributed by atoms with Crippen molar-refractivity contribution in [3.63, 3.8) is 0 Å². The fourth-order valence-electron chi connectivity index (χ4n) is 2.13. The summed E-state index contributed by atoms with van der Waals surface area (Å²) >= 11 is 0. The first kappa shape index (κ1) is 12.0. The van der Waals surface area contributed by atoms with E-state index in [1.807, 2.05) is 0 Å². The van der Waals surface area contributed by atoms with Crippen molar-refractivity contribution in [2.24, 2.45) is 5.92 Å². The number of rotatable bonds is 4. The second-order valence-corrected chi connectivity index (χ2v) is 4.92. The Bertz CT molecular complexity index is 171. The number of nitrogens with zero attached hydrogens (tertiary/aromatic N) is 1. The van der Waals surface area contributed by atoms with Gasteiger partial charge in [-0.05, 0) is 13.8 Å². The summed E-state index contributed by atoms with van der Waals surface area (Å²) in [5, 5.41) is 12.8. The summed E-state index contributed by atoms with van der Waals surface area (Å²) in [7, 11) is 0. The van der Waals surface area contributed by atoms with Gasteiger partial charge in [-0.3, -0.25) is 4.90 Å². The van der Waals surface area contributed by atoms with Gasteiger partial charge in [0.1, 0.15) is 0 Å². The molecule has 0 aromatic carbocycles. The molecule has 3 nitrogen and oxygen atoms in total. The lowest BCUT2D eigenvalue weighted by molar-refractivity contribution is 0.199. The molecule has 1 heterocycles. The minimum absolute atomic E-state index is 0.299. The van der Waals surface area contributed by atoms with E-state index in [1.165, 1.54) is 0 Å². The summed E-state index contributed by atoms with van der Waals surface area (Å²) in [5.74, 6) is 0.403. The molecule has 0 amide bonds.